The van der Waals surface area contributed by atoms with Crippen molar-refractivity contribution in [2.75, 3.05) is 47.4 Å². The molecule has 0 aliphatic rings. The molecule has 0 aromatic heterocycles. The largest absolute Gasteiger partial charge is 0.463 e. The number of rotatable bonds is 16. The second-order valence-electron chi connectivity index (χ2n) is 5.60. The van der Waals surface area contributed by atoms with Crippen molar-refractivity contribution >= 4 is 31.7 Å². The Morgan fingerprint density at radius 1 is 0.933 bits per heavy atom. The van der Waals surface area contributed by atoms with E-state index in [-0.39, 0.29) is 27.4 Å². The molecular formula is C20H42O8Si2. The zero-order chi connectivity index (χ0) is 23.5. The fourth-order valence-electron chi connectivity index (χ4n) is 1.58. The molecule has 0 amide bonds. The lowest BCUT2D eigenvalue weighted by molar-refractivity contribution is -0.138. The van der Waals surface area contributed by atoms with Crippen molar-refractivity contribution < 1.29 is 38.0 Å². The Morgan fingerprint density at radius 2 is 1.40 bits per heavy atom. The van der Waals surface area contributed by atoms with Crippen LogP contribution in [0.5, 0.6) is 0 Å². The molecule has 10 heteroatoms. The third-order valence-electron chi connectivity index (χ3n) is 3.25. The highest BCUT2D eigenvalue weighted by molar-refractivity contribution is 6.36. The van der Waals surface area contributed by atoms with Crippen LogP contribution in [0.4, 0.5) is 0 Å². The van der Waals surface area contributed by atoms with E-state index in [4.69, 9.17) is 28.4 Å². The summed E-state index contributed by atoms with van der Waals surface area (Å²) in [6.07, 6.45) is 4.22. The van der Waals surface area contributed by atoms with E-state index >= 15 is 0 Å². The van der Waals surface area contributed by atoms with Gasteiger partial charge in [0.25, 0.3) is 0 Å². The molecule has 30 heavy (non-hydrogen) atoms. The van der Waals surface area contributed by atoms with Gasteiger partial charge in [0, 0.05) is 49.8 Å². The van der Waals surface area contributed by atoms with Crippen LogP contribution in [0.15, 0.2) is 25.3 Å². The highest BCUT2D eigenvalue weighted by atomic mass is 28.2. The van der Waals surface area contributed by atoms with Gasteiger partial charge in [0.2, 0.25) is 0 Å². The minimum Gasteiger partial charge on any atom is -0.463 e. The van der Waals surface area contributed by atoms with Crippen LogP contribution >= 0.6 is 0 Å². The first kappa shape index (κ1) is 33.3. The molecule has 0 radical (unpaired) electrons. The molecule has 0 aromatic carbocycles. The van der Waals surface area contributed by atoms with E-state index in [9.17, 15) is 9.59 Å². The van der Waals surface area contributed by atoms with Crippen LogP contribution in [-0.2, 0) is 38.0 Å². The Kier molecular flexibility index (Phi) is 33.2. The van der Waals surface area contributed by atoms with Gasteiger partial charge in [-0.1, -0.05) is 25.2 Å². The van der Waals surface area contributed by atoms with Crippen LogP contribution < -0.4 is 0 Å². The maximum Gasteiger partial charge on any atom is 0.330 e. The number of carbonyl (C=O) groups is 2. The van der Waals surface area contributed by atoms with Gasteiger partial charge < -0.3 is 28.4 Å². The molecule has 0 fully saturated rings. The van der Waals surface area contributed by atoms with E-state index < -0.39 is 0 Å². The molecule has 0 aliphatic heterocycles. The quantitative estimate of drug-likeness (QED) is 0.110. The molecule has 0 spiro atoms. The van der Waals surface area contributed by atoms with E-state index in [0.29, 0.717) is 20.0 Å². The molecule has 0 N–H and O–H groups in total. The summed E-state index contributed by atoms with van der Waals surface area (Å²) in [5.41, 5.74) is 0. The van der Waals surface area contributed by atoms with Gasteiger partial charge in [0.1, 0.15) is 12.7 Å². The molecule has 0 aliphatic carbocycles. The first-order valence-corrected chi connectivity index (χ1v) is 13.5. The van der Waals surface area contributed by atoms with Crippen molar-refractivity contribution in [1.29, 1.82) is 0 Å². The summed E-state index contributed by atoms with van der Waals surface area (Å²) in [5.74, 6) is -0.697. The topological polar surface area (TPSA) is 89.5 Å². The Balaban J connectivity index is -0.000000393. The third-order valence-corrected chi connectivity index (χ3v) is 6.01. The summed E-state index contributed by atoms with van der Waals surface area (Å²) in [4.78, 5) is 21.0. The number of hydrogen-bond acceptors (Lipinski definition) is 8. The van der Waals surface area contributed by atoms with Crippen LogP contribution in [0.1, 0.15) is 26.7 Å². The second-order valence-corrected chi connectivity index (χ2v) is 8.55. The van der Waals surface area contributed by atoms with Gasteiger partial charge in [-0.15, -0.1) is 0 Å². The molecule has 0 heterocycles. The predicted octanol–water partition coefficient (Wildman–Crippen LogP) is 1.18. The Hall–Kier alpha value is -1.31. The summed E-state index contributed by atoms with van der Waals surface area (Å²) in [6.45, 7) is 13.4. The minimum atomic E-state index is -0.387. The maximum atomic E-state index is 10.6. The van der Waals surface area contributed by atoms with Crippen LogP contribution in [0, 0.1) is 0 Å². The van der Waals surface area contributed by atoms with E-state index in [1.807, 2.05) is 13.8 Å². The molecule has 0 rings (SSSR count). The Bertz CT molecular complexity index is 400. The first-order valence-electron chi connectivity index (χ1n) is 10.3. The van der Waals surface area contributed by atoms with Gasteiger partial charge in [-0.2, -0.15) is 0 Å². The molecule has 8 nitrogen and oxygen atoms in total. The van der Waals surface area contributed by atoms with Gasteiger partial charge in [0.15, 0.2) is 0 Å². The highest BCUT2D eigenvalue weighted by Gasteiger charge is 2.05. The predicted molar refractivity (Wildman–Crippen MR) is 126 cm³/mol. The van der Waals surface area contributed by atoms with Crippen molar-refractivity contribution in [3.8, 4) is 0 Å². The van der Waals surface area contributed by atoms with Crippen LogP contribution in [0.25, 0.3) is 0 Å². The number of methoxy groups -OCH3 is 2. The van der Waals surface area contributed by atoms with E-state index in [2.05, 4.69) is 13.2 Å². The zero-order valence-corrected chi connectivity index (χ0v) is 22.9. The van der Waals surface area contributed by atoms with E-state index in [1.165, 1.54) is 28.4 Å². The van der Waals surface area contributed by atoms with Crippen molar-refractivity contribution in [3.63, 3.8) is 0 Å². The number of ether oxygens (including phenoxy) is 6. The van der Waals surface area contributed by atoms with Crippen LogP contribution in [0.2, 0.25) is 12.1 Å². The fourth-order valence-corrected chi connectivity index (χ4v) is 3.16. The minimum absolute atomic E-state index is 0.0231. The van der Waals surface area contributed by atoms with Gasteiger partial charge in [-0.3, -0.25) is 0 Å². The molecule has 0 atom stereocenters. The molecule has 0 aromatic rings. The average molecular weight is 467 g/mol. The third kappa shape index (κ3) is 31.4. The lowest BCUT2D eigenvalue weighted by Gasteiger charge is -2.11. The van der Waals surface area contributed by atoms with Gasteiger partial charge >= 0.3 is 11.9 Å². The SMILES string of the molecule is C=CC(=O)OCCC[SiH2]C(OC)OC.C=CC(=O)OCCC[SiH3].CCOCOCC. The number of carbonyl (C=O) groups excluding carboxylic acids is 2. The lowest BCUT2D eigenvalue weighted by Crippen LogP contribution is -2.21. The van der Waals surface area contributed by atoms with Crippen LogP contribution in [0.3, 0.4) is 0 Å². The van der Waals surface area contributed by atoms with Gasteiger partial charge in [0.05, 0.1) is 22.7 Å². The van der Waals surface area contributed by atoms with Gasteiger partial charge in [-0.25, -0.2) is 9.59 Å². The fraction of sp³-hybridized carbons (Fsp3) is 0.700. The van der Waals surface area contributed by atoms with E-state index in [1.54, 1.807) is 14.2 Å². The Morgan fingerprint density at radius 3 is 1.77 bits per heavy atom. The standard InChI is InChI=1S/C9H18O4Si.C6H12O2Si.C5H12O2/c1-4-8(10)13-6-5-7-14-9(11-2)12-3;1-2-6(7)8-4-3-5-9;1-3-6-5-7-4-2/h4,9H,1,5-7,14H2,2-3H3;2H,1,3-5H2,9H3;3-5H2,1-2H3. The molecule has 0 unspecified atom stereocenters. The van der Waals surface area contributed by atoms with Crippen molar-refractivity contribution in [1.82, 2.24) is 0 Å². The van der Waals surface area contributed by atoms with Crippen molar-refractivity contribution in [3.05, 3.63) is 25.3 Å². The first-order chi connectivity index (χ1) is 14.5. The summed E-state index contributed by atoms with van der Waals surface area (Å²) in [5, 5.41) is 0. The smallest absolute Gasteiger partial charge is 0.330 e. The molecular weight excluding hydrogens is 424 g/mol. The van der Waals surface area contributed by atoms with Gasteiger partial charge in [-0.05, 0) is 26.7 Å². The average Bonchev–Trinajstić information content (AvgIpc) is 2.77. The highest BCUT2D eigenvalue weighted by Crippen LogP contribution is 1.97. The summed E-state index contributed by atoms with van der Waals surface area (Å²) in [6, 6.07) is 2.22. The lowest BCUT2D eigenvalue weighted by atomic mass is 10.5. The van der Waals surface area contributed by atoms with Crippen LogP contribution in [-0.4, -0.2) is 85.1 Å². The molecule has 178 valence electrons. The van der Waals surface area contributed by atoms with E-state index in [0.717, 1.165) is 32.1 Å². The zero-order valence-electron chi connectivity index (χ0n) is 19.5. The number of esters is 2. The second kappa shape index (κ2) is 29.9. The normalized spacial score (nSPS) is 10.0. The van der Waals surface area contributed by atoms with Crippen molar-refractivity contribution in [2.45, 2.75) is 44.7 Å². The Labute approximate surface area is 187 Å². The van der Waals surface area contributed by atoms with Crippen molar-refractivity contribution in [2.24, 2.45) is 0 Å². The summed E-state index contributed by atoms with van der Waals surface area (Å²) < 4.78 is 29.4. The summed E-state index contributed by atoms with van der Waals surface area (Å²) >= 11 is 0. The number of hydrogen-bond donors (Lipinski definition) is 0. The molecule has 0 saturated carbocycles. The maximum absolute atomic E-state index is 10.6. The molecule has 0 bridgehead atoms. The molecule has 0 saturated heterocycles. The summed E-state index contributed by atoms with van der Waals surface area (Å²) in [7, 11) is 4.07. The monoisotopic (exact) mass is 466 g/mol.